The minimum Gasteiger partial charge on any atom is -0.384 e. The number of pyridine rings is 1. The van der Waals surface area contributed by atoms with E-state index in [1.54, 1.807) is 12.3 Å². The summed E-state index contributed by atoms with van der Waals surface area (Å²) >= 11 is 1.46. The number of nitrogens with zero attached hydrogens (tertiary/aromatic N) is 1. The van der Waals surface area contributed by atoms with Gasteiger partial charge < -0.3 is 11.1 Å². The first-order valence-electron chi connectivity index (χ1n) is 6.72. The Labute approximate surface area is 129 Å². The summed E-state index contributed by atoms with van der Waals surface area (Å²) in [6.45, 7) is 5.87. The molecule has 0 fully saturated rings. The van der Waals surface area contributed by atoms with Crippen molar-refractivity contribution >= 4 is 29.2 Å². The Morgan fingerprint density at radius 1 is 1.29 bits per heavy atom. The molecule has 1 heterocycles. The number of nitrogens with one attached hydrogen (secondary N) is 1. The van der Waals surface area contributed by atoms with Gasteiger partial charge in [-0.1, -0.05) is 12.1 Å². The molecule has 0 bridgehead atoms. The fourth-order valence-corrected chi connectivity index (χ4v) is 2.66. The van der Waals surface area contributed by atoms with Gasteiger partial charge in [-0.2, -0.15) is 0 Å². The minimum absolute atomic E-state index is 0.0227. The van der Waals surface area contributed by atoms with Gasteiger partial charge in [0.2, 0.25) is 5.91 Å². The monoisotopic (exact) mass is 301 g/mol. The van der Waals surface area contributed by atoms with Crippen LogP contribution >= 0.6 is 11.8 Å². The van der Waals surface area contributed by atoms with Gasteiger partial charge >= 0.3 is 0 Å². The highest BCUT2D eigenvalue weighted by Crippen LogP contribution is 2.24. The van der Waals surface area contributed by atoms with E-state index in [0.717, 1.165) is 21.7 Å². The number of hydrogen-bond donors (Lipinski definition) is 2. The average Bonchev–Trinajstić information content (AvgIpc) is 2.45. The van der Waals surface area contributed by atoms with E-state index in [-0.39, 0.29) is 11.2 Å². The van der Waals surface area contributed by atoms with E-state index in [1.807, 2.05) is 45.0 Å². The van der Waals surface area contributed by atoms with Crippen LogP contribution in [-0.2, 0) is 4.79 Å². The first-order chi connectivity index (χ1) is 9.95. The van der Waals surface area contributed by atoms with Crippen LogP contribution in [0.25, 0.3) is 0 Å². The molecule has 0 aliphatic rings. The molecule has 4 nitrogen and oxygen atoms in total. The van der Waals surface area contributed by atoms with Gasteiger partial charge in [0, 0.05) is 16.8 Å². The maximum absolute atomic E-state index is 12.3. The summed E-state index contributed by atoms with van der Waals surface area (Å²) in [5.74, 6) is 0.456. The lowest BCUT2D eigenvalue weighted by atomic mass is 10.1. The summed E-state index contributed by atoms with van der Waals surface area (Å²) in [5, 5.41) is 2.76. The van der Waals surface area contributed by atoms with Crippen LogP contribution in [0.1, 0.15) is 18.1 Å². The molecule has 21 heavy (non-hydrogen) atoms. The van der Waals surface area contributed by atoms with Crippen LogP contribution in [0.3, 0.4) is 0 Å². The van der Waals surface area contributed by atoms with Gasteiger partial charge in [0.05, 0.1) is 5.25 Å². The molecule has 2 aromatic rings. The van der Waals surface area contributed by atoms with Crippen molar-refractivity contribution in [1.29, 1.82) is 0 Å². The fourth-order valence-electron chi connectivity index (χ4n) is 1.82. The lowest BCUT2D eigenvalue weighted by Gasteiger charge is -2.14. The number of nitrogens with two attached hydrogens (primary N) is 1. The number of hydrogen-bond acceptors (Lipinski definition) is 4. The topological polar surface area (TPSA) is 68.0 Å². The summed E-state index contributed by atoms with van der Waals surface area (Å²) in [7, 11) is 0. The number of thioether (sulfide) groups is 1. The molecule has 1 aromatic heterocycles. The summed E-state index contributed by atoms with van der Waals surface area (Å²) in [4.78, 5) is 17.2. The molecule has 1 unspecified atom stereocenters. The smallest absolute Gasteiger partial charge is 0.237 e. The fraction of sp³-hybridized carbons (Fsp3) is 0.250. The Morgan fingerprint density at radius 3 is 2.71 bits per heavy atom. The van der Waals surface area contributed by atoms with Gasteiger partial charge in [0.25, 0.3) is 0 Å². The largest absolute Gasteiger partial charge is 0.384 e. The van der Waals surface area contributed by atoms with E-state index in [2.05, 4.69) is 10.3 Å². The van der Waals surface area contributed by atoms with Crippen molar-refractivity contribution in [3.63, 3.8) is 0 Å². The third-order valence-electron chi connectivity index (χ3n) is 3.09. The van der Waals surface area contributed by atoms with E-state index in [0.29, 0.717) is 5.82 Å². The van der Waals surface area contributed by atoms with Crippen LogP contribution in [0, 0.1) is 13.8 Å². The van der Waals surface area contributed by atoms with Gasteiger partial charge in [-0.15, -0.1) is 11.8 Å². The van der Waals surface area contributed by atoms with E-state index < -0.39 is 0 Å². The predicted molar refractivity (Wildman–Crippen MR) is 88.5 cm³/mol. The lowest BCUT2D eigenvalue weighted by molar-refractivity contribution is -0.115. The van der Waals surface area contributed by atoms with Crippen molar-refractivity contribution in [1.82, 2.24) is 4.98 Å². The van der Waals surface area contributed by atoms with Gasteiger partial charge in [-0.3, -0.25) is 4.79 Å². The highest BCUT2D eigenvalue weighted by atomic mass is 32.2. The van der Waals surface area contributed by atoms with Crippen LogP contribution in [0.2, 0.25) is 0 Å². The summed E-state index contributed by atoms with van der Waals surface area (Å²) in [5.41, 5.74) is 8.59. The van der Waals surface area contributed by atoms with E-state index in [9.17, 15) is 4.79 Å². The molecule has 0 saturated heterocycles. The standard InChI is InChI=1S/C16H19N3OS/c1-10-4-5-11(2)14(8-10)19-16(20)12(3)21-13-6-7-15(17)18-9-13/h4-9,12H,1-3H3,(H2,17,18)(H,19,20). The quantitative estimate of drug-likeness (QED) is 0.849. The van der Waals surface area contributed by atoms with Crippen molar-refractivity contribution < 1.29 is 4.79 Å². The molecule has 1 atom stereocenters. The molecule has 0 saturated carbocycles. The Morgan fingerprint density at radius 2 is 2.05 bits per heavy atom. The Hall–Kier alpha value is -2.01. The molecular weight excluding hydrogens is 282 g/mol. The second-order valence-corrected chi connectivity index (χ2v) is 6.40. The third-order valence-corrected chi connectivity index (χ3v) is 4.17. The van der Waals surface area contributed by atoms with Crippen LogP contribution in [0.4, 0.5) is 11.5 Å². The molecule has 1 amide bonds. The number of rotatable bonds is 4. The highest BCUT2D eigenvalue weighted by Gasteiger charge is 2.15. The van der Waals surface area contributed by atoms with Crippen molar-refractivity contribution in [3.8, 4) is 0 Å². The number of aryl methyl sites for hydroxylation is 2. The van der Waals surface area contributed by atoms with Crippen molar-refractivity contribution in [2.45, 2.75) is 30.9 Å². The van der Waals surface area contributed by atoms with E-state index in [4.69, 9.17) is 5.73 Å². The second-order valence-electron chi connectivity index (χ2n) is 4.99. The average molecular weight is 301 g/mol. The van der Waals surface area contributed by atoms with Gasteiger partial charge in [-0.05, 0) is 50.1 Å². The molecule has 0 radical (unpaired) electrons. The van der Waals surface area contributed by atoms with Crippen molar-refractivity contribution in [3.05, 3.63) is 47.7 Å². The van der Waals surface area contributed by atoms with Gasteiger partial charge in [-0.25, -0.2) is 4.98 Å². The zero-order valence-electron chi connectivity index (χ0n) is 12.4. The first kappa shape index (κ1) is 15.4. The molecule has 2 rings (SSSR count). The zero-order chi connectivity index (χ0) is 15.4. The summed E-state index contributed by atoms with van der Waals surface area (Å²) in [6, 6.07) is 9.62. The molecular formula is C16H19N3OS. The number of carbonyl (C=O) groups is 1. The summed E-state index contributed by atoms with van der Waals surface area (Å²) < 4.78 is 0. The van der Waals surface area contributed by atoms with Crippen LogP contribution < -0.4 is 11.1 Å². The number of aromatic nitrogens is 1. The molecule has 3 N–H and O–H groups in total. The van der Waals surface area contributed by atoms with Crippen LogP contribution in [-0.4, -0.2) is 16.1 Å². The van der Waals surface area contributed by atoms with E-state index in [1.165, 1.54) is 11.8 Å². The number of anilines is 2. The molecule has 0 aliphatic heterocycles. The summed E-state index contributed by atoms with van der Waals surface area (Å²) in [6.07, 6.45) is 1.68. The van der Waals surface area contributed by atoms with Crippen LogP contribution in [0.5, 0.6) is 0 Å². The molecule has 0 spiro atoms. The number of nitrogen functional groups attached to an aromatic ring is 1. The molecule has 5 heteroatoms. The molecule has 110 valence electrons. The maximum atomic E-state index is 12.3. The predicted octanol–water partition coefficient (Wildman–Crippen LogP) is 3.40. The van der Waals surface area contributed by atoms with Crippen LogP contribution in [0.15, 0.2) is 41.4 Å². The van der Waals surface area contributed by atoms with Gasteiger partial charge in [0.1, 0.15) is 5.82 Å². The van der Waals surface area contributed by atoms with Gasteiger partial charge in [0.15, 0.2) is 0 Å². The lowest BCUT2D eigenvalue weighted by Crippen LogP contribution is -2.22. The highest BCUT2D eigenvalue weighted by molar-refractivity contribution is 8.00. The SMILES string of the molecule is Cc1ccc(C)c(NC(=O)C(C)Sc2ccc(N)nc2)c1. The molecule has 0 aliphatic carbocycles. The maximum Gasteiger partial charge on any atom is 0.237 e. The number of amides is 1. The van der Waals surface area contributed by atoms with Crippen molar-refractivity contribution in [2.75, 3.05) is 11.1 Å². The Balaban J connectivity index is 2.02. The number of benzene rings is 1. The Kier molecular flexibility index (Phi) is 4.85. The molecule has 1 aromatic carbocycles. The minimum atomic E-state index is -0.213. The zero-order valence-corrected chi connectivity index (χ0v) is 13.2. The van der Waals surface area contributed by atoms with E-state index >= 15 is 0 Å². The third kappa shape index (κ3) is 4.23. The number of carbonyl (C=O) groups excluding carboxylic acids is 1. The second kappa shape index (κ2) is 6.63. The van der Waals surface area contributed by atoms with Crippen molar-refractivity contribution in [2.24, 2.45) is 0 Å². The normalized spacial score (nSPS) is 12.0. The first-order valence-corrected chi connectivity index (χ1v) is 7.60. The Bertz CT molecular complexity index is 640.